The first-order valence-electron chi connectivity index (χ1n) is 9.24. The lowest BCUT2D eigenvalue weighted by atomic mass is 10.1. The maximum atomic E-state index is 12.2. The minimum absolute atomic E-state index is 0.286. The zero-order valence-corrected chi connectivity index (χ0v) is 15.5. The molecule has 0 unspecified atom stereocenters. The molecular weight excluding hydrogens is 352 g/mol. The second-order valence-electron chi connectivity index (χ2n) is 6.32. The predicted octanol–water partition coefficient (Wildman–Crippen LogP) is 4.49. The first-order valence-corrected chi connectivity index (χ1v) is 9.24. The number of hydrogen-bond acceptors (Lipinski definition) is 4. The van der Waals surface area contributed by atoms with Crippen LogP contribution < -0.4 is 0 Å². The van der Waals surface area contributed by atoms with Gasteiger partial charge in [0.25, 0.3) is 0 Å². The van der Waals surface area contributed by atoms with Crippen molar-refractivity contribution in [1.29, 1.82) is 0 Å². The third kappa shape index (κ3) is 5.81. The minimum atomic E-state index is -0.449. The molecule has 0 aliphatic rings. The van der Waals surface area contributed by atoms with Crippen LogP contribution in [0.25, 0.3) is 0 Å². The average molecular weight is 374 g/mol. The van der Waals surface area contributed by atoms with Gasteiger partial charge in [0.2, 0.25) is 0 Å². The predicted molar refractivity (Wildman–Crippen MR) is 107 cm³/mol. The number of carbonyl (C=O) groups excluding carboxylic acids is 2. The molecule has 0 N–H and O–H groups in total. The molecule has 3 aromatic rings. The molecule has 4 heteroatoms. The van der Waals surface area contributed by atoms with Crippen molar-refractivity contribution in [2.24, 2.45) is 0 Å². The maximum Gasteiger partial charge on any atom is 0.338 e. The van der Waals surface area contributed by atoms with E-state index in [2.05, 4.69) is 0 Å². The van der Waals surface area contributed by atoms with Gasteiger partial charge in [-0.3, -0.25) is 0 Å². The van der Waals surface area contributed by atoms with Crippen LogP contribution in [0.2, 0.25) is 0 Å². The molecule has 0 fully saturated rings. The largest absolute Gasteiger partial charge is 0.462 e. The molecule has 0 aromatic heterocycles. The lowest BCUT2D eigenvalue weighted by molar-refractivity contribution is 0.0508. The van der Waals surface area contributed by atoms with Crippen molar-refractivity contribution in [1.82, 2.24) is 0 Å². The van der Waals surface area contributed by atoms with Gasteiger partial charge in [0.15, 0.2) is 0 Å². The SMILES string of the molecule is O=C(OCCc1ccccc1)c1cccc(C(=O)OCCc2ccccc2)c1. The Morgan fingerprint density at radius 2 is 1.00 bits per heavy atom. The second kappa shape index (κ2) is 10.1. The third-order valence-electron chi connectivity index (χ3n) is 4.27. The van der Waals surface area contributed by atoms with E-state index < -0.39 is 11.9 Å². The van der Waals surface area contributed by atoms with E-state index >= 15 is 0 Å². The van der Waals surface area contributed by atoms with Crippen molar-refractivity contribution in [3.8, 4) is 0 Å². The highest BCUT2D eigenvalue weighted by Gasteiger charge is 2.12. The molecule has 3 aromatic carbocycles. The Kier molecular flexibility index (Phi) is 6.96. The van der Waals surface area contributed by atoms with Crippen LogP contribution in [0.3, 0.4) is 0 Å². The Bertz CT molecular complexity index is 831. The van der Waals surface area contributed by atoms with Gasteiger partial charge in [-0.05, 0) is 29.3 Å². The summed E-state index contributed by atoms with van der Waals surface area (Å²) in [7, 11) is 0. The summed E-state index contributed by atoms with van der Waals surface area (Å²) in [5.41, 5.74) is 2.88. The lowest BCUT2D eigenvalue weighted by Crippen LogP contribution is -2.11. The van der Waals surface area contributed by atoms with Crippen molar-refractivity contribution in [2.75, 3.05) is 13.2 Å². The van der Waals surface area contributed by atoms with E-state index in [9.17, 15) is 9.59 Å². The van der Waals surface area contributed by atoms with E-state index in [0.29, 0.717) is 24.0 Å². The summed E-state index contributed by atoms with van der Waals surface area (Å²) in [5, 5.41) is 0. The molecule has 3 rings (SSSR count). The fourth-order valence-corrected chi connectivity index (χ4v) is 2.75. The topological polar surface area (TPSA) is 52.6 Å². The summed E-state index contributed by atoms with van der Waals surface area (Å²) in [4.78, 5) is 24.5. The fourth-order valence-electron chi connectivity index (χ4n) is 2.75. The number of carbonyl (C=O) groups is 2. The third-order valence-corrected chi connectivity index (χ3v) is 4.27. The van der Waals surface area contributed by atoms with Gasteiger partial charge < -0.3 is 9.47 Å². The van der Waals surface area contributed by atoms with Crippen molar-refractivity contribution in [3.05, 3.63) is 107 Å². The van der Waals surface area contributed by atoms with Crippen LogP contribution in [0.5, 0.6) is 0 Å². The quantitative estimate of drug-likeness (QED) is 0.545. The number of hydrogen-bond donors (Lipinski definition) is 0. The Morgan fingerprint density at radius 1 is 0.571 bits per heavy atom. The van der Waals surface area contributed by atoms with Gasteiger partial charge in [0.05, 0.1) is 24.3 Å². The van der Waals surface area contributed by atoms with Crippen molar-refractivity contribution < 1.29 is 19.1 Å². The van der Waals surface area contributed by atoms with Gasteiger partial charge in [-0.2, -0.15) is 0 Å². The molecule has 0 atom stereocenters. The number of ether oxygens (including phenoxy) is 2. The first kappa shape index (κ1) is 19.4. The monoisotopic (exact) mass is 374 g/mol. The molecule has 4 nitrogen and oxygen atoms in total. The van der Waals surface area contributed by atoms with E-state index in [1.54, 1.807) is 18.2 Å². The van der Waals surface area contributed by atoms with Gasteiger partial charge in [0.1, 0.15) is 0 Å². The summed E-state index contributed by atoms with van der Waals surface area (Å²) >= 11 is 0. The van der Waals surface area contributed by atoms with Gasteiger partial charge >= 0.3 is 11.9 Å². The zero-order chi connectivity index (χ0) is 19.6. The highest BCUT2D eigenvalue weighted by atomic mass is 16.5. The Balaban J connectivity index is 1.49. The zero-order valence-electron chi connectivity index (χ0n) is 15.5. The Labute approximate surface area is 164 Å². The smallest absolute Gasteiger partial charge is 0.338 e. The molecule has 0 aliphatic heterocycles. The molecule has 0 spiro atoms. The average Bonchev–Trinajstić information content (AvgIpc) is 2.75. The summed E-state index contributed by atoms with van der Waals surface area (Å²) in [6.45, 7) is 0.573. The van der Waals surface area contributed by atoms with Gasteiger partial charge in [-0.1, -0.05) is 66.7 Å². The van der Waals surface area contributed by atoms with Crippen LogP contribution in [0, 0.1) is 0 Å². The fraction of sp³-hybridized carbons (Fsp3) is 0.167. The number of rotatable bonds is 8. The minimum Gasteiger partial charge on any atom is -0.462 e. The number of benzene rings is 3. The molecule has 0 heterocycles. The van der Waals surface area contributed by atoms with Crippen LogP contribution in [0.1, 0.15) is 31.8 Å². The van der Waals surface area contributed by atoms with Crippen LogP contribution in [-0.2, 0) is 22.3 Å². The number of esters is 2. The summed E-state index contributed by atoms with van der Waals surface area (Å²) < 4.78 is 10.6. The van der Waals surface area contributed by atoms with Gasteiger partial charge in [-0.25, -0.2) is 9.59 Å². The normalized spacial score (nSPS) is 10.3. The summed E-state index contributed by atoms with van der Waals surface area (Å²) in [5.74, 6) is -0.898. The van der Waals surface area contributed by atoms with Crippen LogP contribution in [-0.4, -0.2) is 25.2 Å². The highest BCUT2D eigenvalue weighted by Crippen LogP contribution is 2.10. The molecule has 0 saturated heterocycles. The van der Waals surface area contributed by atoms with Crippen molar-refractivity contribution in [3.63, 3.8) is 0 Å². The van der Waals surface area contributed by atoms with E-state index in [-0.39, 0.29) is 13.2 Å². The van der Waals surface area contributed by atoms with Crippen LogP contribution in [0.4, 0.5) is 0 Å². The van der Waals surface area contributed by atoms with Crippen LogP contribution >= 0.6 is 0 Å². The molecule has 0 saturated carbocycles. The molecule has 0 amide bonds. The molecule has 0 radical (unpaired) electrons. The molecule has 0 bridgehead atoms. The summed E-state index contributed by atoms with van der Waals surface area (Å²) in [6, 6.07) is 26.1. The van der Waals surface area contributed by atoms with E-state index in [1.165, 1.54) is 6.07 Å². The standard InChI is InChI=1S/C24H22O4/c25-23(27-16-14-19-8-3-1-4-9-19)21-12-7-13-22(18-21)24(26)28-17-15-20-10-5-2-6-11-20/h1-13,18H,14-17H2. The lowest BCUT2D eigenvalue weighted by Gasteiger charge is -2.08. The summed E-state index contributed by atoms with van der Waals surface area (Å²) in [6.07, 6.45) is 1.29. The maximum absolute atomic E-state index is 12.2. The molecular formula is C24H22O4. The van der Waals surface area contributed by atoms with E-state index in [0.717, 1.165) is 11.1 Å². The first-order chi connectivity index (χ1) is 13.7. The molecule has 28 heavy (non-hydrogen) atoms. The van der Waals surface area contributed by atoms with E-state index in [1.807, 2.05) is 60.7 Å². The van der Waals surface area contributed by atoms with Crippen LogP contribution in [0.15, 0.2) is 84.9 Å². The van der Waals surface area contributed by atoms with Gasteiger partial charge in [0, 0.05) is 12.8 Å². The second-order valence-corrected chi connectivity index (χ2v) is 6.32. The van der Waals surface area contributed by atoms with Gasteiger partial charge in [-0.15, -0.1) is 0 Å². The van der Waals surface area contributed by atoms with Crippen molar-refractivity contribution in [2.45, 2.75) is 12.8 Å². The Hall–Kier alpha value is -3.40. The molecule has 0 aliphatic carbocycles. The van der Waals surface area contributed by atoms with Crippen molar-refractivity contribution >= 4 is 11.9 Å². The highest BCUT2D eigenvalue weighted by molar-refractivity contribution is 5.95. The molecule has 142 valence electrons. The Morgan fingerprint density at radius 3 is 1.43 bits per heavy atom. The van der Waals surface area contributed by atoms with E-state index in [4.69, 9.17) is 9.47 Å².